The van der Waals surface area contributed by atoms with Gasteiger partial charge >= 0.3 is 0 Å². The molecule has 1 heterocycles. The molecular formula is C15H25NS. The van der Waals surface area contributed by atoms with Gasteiger partial charge in [-0.15, -0.1) is 11.3 Å². The molecule has 0 amide bonds. The highest BCUT2D eigenvalue weighted by atomic mass is 32.1. The Morgan fingerprint density at radius 3 is 2.71 bits per heavy atom. The summed E-state index contributed by atoms with van der Waals surface area (Å²) in [5.41, 5.74) is 0. The molecule has 0 saturated heterocycles. The lowest BCUT2D eigenvalue weighted by Crippen LogP contribution is -2.35. The van der Waals surface area contributed by atoms with E-state index >= 15 is 0 Å². The second-order valence-electron chi connectivity index (χ2n) is 5.48. The maximum atomic E-state index is 3.89. The lowest BCUT2D eigenvalue weighted by molar-refractivity contribution is 0.283. The topological polar surface area (TPSA) is 12.0 Å². The van der Waals surface area contributed by atoms with Crippen molar-refractivity contribution in [1.82, 2.24) is 5.32 Å². The van der Waals surface area contributed by atoms with Crippen LogP contribution >= 0.6 is 11.3 Å². The molecule has 0 bridgehead atoms. The van der Waals surface area contributed by atoms with Gasteiger partial charge in [-0.1, -0.05) is 26.3 Å². The summed E-state index contributed by atoms with van der Waals surface area (Å²) < 4.78 is 0. The molecule has 0 aromatic carbocycles. The molecule has 1 aromatic rings. The van der Waals surface area contributed by atoms with E-state index < -0.39 is 0 Å². The van der Waals surface area contributed by atoms with Gasteiger partial charge in [0.25, 0.3) is 0 Å². The maximum absolute atomic E-state index is 3.89. The van der Waals surface area contributed by atoms with Gasteiger partial charge in [0.15, 0.2) is 0 Å². The number of hydrogen-bond donors (Lipinski definition) is 1. The largest absolute Gasteiger partial charge is 0.306 e. The van der Waals surface area contributed by atoms with Crippen molar-refractivity contribution in [3.05, 3.63) is 22.4 Å². The third-order valence-corrected chi connectivity index (χ3v) is 4.90. The van der Waals surface area contributed by atoms with Crippen LogP contribution in [0.4, 0.5) is 0 Å². The molecule has 1 nitrogen and oxygen atoms in total. The Morgan fingerprint density at radius 1 is 1.35 bits per heavy atom. The van der Waals surface area contributed by atoms with Gasteiger partial charge in [-0.3, -0.25) is 0 Å². The van der Waals surface area contributed by atoms with Gasteiger partial charge in [0.1, 0.15) is 0 Å². The number of thiophene rings is 1. The Labute approximate surface area is 110 Å². The van der Waals surface area contributed by atoms with Crippen molar-refractivity contribution in [2.75, 3.05) is 0 Å². The lowest BCUT2D eigenvalue weighted by Gasteiger charge is -2.30. The summed E-state index contributed by atoms with van der Waals surface area (Å²) in [6.45, 7) is 4.67. The van der Waals surface area contributed by atoms with Crippen LogP contribution in [0.3, 0.4) is 0 Å². The first-order valence-corrected chi connectivity index (χ1v) is 7.97. The minimum absolute atomic E-state index is 0.596. The SMILES string of the molecule is CCCC(NC1CCC(C)CC1)c1cccs1. The van der Waals surface area contributed by atoms with Crippen LogP contribution in [0.1, 0.15) is 63.3 Å². The molecule has 17 heavy (non-hydrogen) atoms. The average molecular weight is 251 g/mol. The van der Waals surface area contributed by atoms with Gasteiger partial charge in [-0.25, -0.2) is 0 Å². The van der Waals surface area contributed by atoms with Crippen molar-refractivity contribution in [1.29, 1.82) is 0 Å². The normalized spacial score (nSPS) is 26.9. The van der Waals surface area contributed by atoms with Gasteiger partial charge in [-0.2, -0.15) is 0 Å². The minimum Gasteiger partial charge on any atom is -0.306 e. The molecule has 1 atom stereocenters. The van der Waals surface area contributed by atoms with E-state index in [-0.39, 0.29) is 0 Å². The van der Waals surface area contributed by atoms with E-state index in [1.807, 2.05) is 11.3 Å². The molecular weight excluding hydrogens is 226 g/mol. The highest BCUT2D eigenvalue weighted by Gasteiger charge is 2.21. The van der Waals surface area contributed by atoms with E-state index in [0.717, 1.165) is 12.0 Å². The van der Waals surface area contributed by atoms with E-state index in [4.69, 9.17) is 0 Å². The van der Waals surface area contributed by atoms with Crippen molar-refractivity contribution in [3.63, 3.8) is 0 Å². The molecule has 1 fully saturated rings. The van der Waals surface area contributed by atoms with Crippen LogP contribution in [-0.4, -0.2) is 6.04 Å². The van der Waals surface area contributed by atoms with Crippen LogP contribution in [0, 0.1) is 5.92 Å². The van der Waals surface area contributed by atoms with Crippen molar-refractivity contribution < 1.29 is 0 Å². The third-order valence-electron chi connectivity index (χ3n) is 3.92. The smallest absolute Gasteiger partial charge is 0.0416 e. The molecule has 0 radical (unpaired) electrons. The molecule has 1 unspecified atom stereocenters. The zero-order valence-corrected chi connectivity index (χ0v) is 11.9. The maximum Gasteiger partial charge on any atom is 0.0416 e. The number of rotatable bonds is 5. The summed E-state index contributed by atoms with van der Waals surface area (Å²) in [7, 11) is 0. The lowest BCUT2D eigenvalue weighted by atomic mass is 9.87. The summed E-state index contributed by atoms with van der Waals surface area (Å²) in [6, 6.07) is 5.81. The second-order valence-corrected chi connectivity index (χ2v) is 6.46. The van der Waals surface area contributed by atoms with E-state index in [2.05, 4.69) is 36.7 Å². The zero-order valence-electron chi connectivity index (χ0n) is 11.1. The predicted molar refractivity (Wildman–Crippen MR) is 76.5 cm³/mol. The fraction of sp³-hybridized carbons (Fsp3) is 0.733. The first kappa shape index (κ1) is 13.1. The first-order chi connectivity index (χ1) is 8.29. The van der Waals surface area contributed by atoms with Gasteiger partial charge in [0, 0.05) is 17.0 Å². The van der Waals surface area contributed by atoms with E-state index in [1.165, 1.54) is 43.4 Å². The molecule has 1 saturated carbocycles. The Hall–Kier alpha value is -0.340. The van der Waals surface area contributed by atoms with Crippen LogP contribution < -0.4 is 5.32 Å². The van der Waals surface area contributed by atoms with Crippen molar-refractivity contribution >= 4 is 11.3 Å². The van der Waals surface area contributed by atoms with Crippen LogP contribution in [0.25, 0.3) is 0 Å². The van der Waals surface area contributed by atoms with Gasteiger partial charge in [0.05, 0.1) is 0 Å². The zero-order chi connectivity index (χ0) is 12.1. The molecule has 2 heteroatoms. The van der Waals surface area contributed by atoms with Crippen LogP contribution in [-0.2, 0) is 0 Å². The summed E-state index contributed by atoms with van der Waals surface area (Å²) in [6.07, 6.45) is 8.08. The Balaban J connectivity index is 1.89. The van der Waals surface area contributed by atoms with E-state index in [1.54, 1.807) is 0 Å². The van der Waals surface area contributed by atoms with Crippen molar-refractivity contribution in [2.45, 2.75) is 64.5 Å². The monoisotopic (exact) mass is 251 g/mol. The Kier molecular flexibility index (Phi) is 5.05. The second kappa shape index (κ2) is 6.55. The molecule has 0 spiro atoms. The van der Waals surface area contributed by atoms with Crippen molar-refractivity contribution in [2.24, 2.45) is 5.92 Å². The van der Waals surface area contributed by atoms with Crippen molar-refractivity contribution in [3.8, 4) is 0 Å². The highest BCUT2D eigenvalue weighted by Crippen LogP contribution is 2.28. The molecule has 2 rings (SSSR count). The van der Waals surface area contributed by atoms with Crippen LogP contribution in [0.5, 0.6) is 0 Å². The van der Waals surface area contributed by atoms with Gasteiger partial charge < -0.3 is 5.32 Å². The van der Waals surface area contributed by atoms with E-state index in [0.29, 0.717) is 6.04 Å². The number of hydrogen-bond acceptors (Lipinski definition) is 2. The summed E-state index contributed by atoms with van der Waals surface area (Å²) in [4.78, 5) is 1.52. The summed E-state index contributed by atoms with van der Waals surface area (Å²) in [5, 5.41) is 6.09. The molecule has 1 aliphatic rings. The van der Waals surface area contributed by atoms with Gasteiger partial charge in [0.2, 0.25) is 0 Å². The quantitative estimate of drug-likeness (QED) is 0.795. The molecule has 0 aliphatic heterocycles. The Bertz CT molecular complexity index is 299. The third kappa shape index (κ3) is 3.82. The number of nitrogens with one attached hydrogen (secondary N) is 1. The predicted octanol–water partition coefficient (Wildman–Crippen LogP) is 4.76. The van der Waals surface area contributed by atoms with E-state index in [9.17, 15) is 0 Å². The first-order valence-electron chi connectivity index (χ1n) is 7.09. The molecule has 96 valence electrons. The summed E-state index contributed by atoms with van der Waals surface area (Å²) in [5.74, 6) is 0.944. The highest BCUT2D eigenvalue weighted by molar-refractivity contribution is 7.10. The van der Waals surface area contributed by atoms with Crippen LogP contribution in [0.2, 0.25) is 0 Å². The van der Waals surface area contributed by atoms with Gasteiger partial charge in [-0.05, 0) is 49.5 Å². The minimum atomic E-state index is 0.596. The Morgan fingerprint density at radius 2 is 2.12 bits per heavy atom. The molecule has 1 aliphatic carbocycles. The van der Waals surface area contributed by atoms with Crippen LogP contribution in [0.15, 0.2) is 17.5 Å². The summed E-state index contributed by atoms with van der Waals surface area (Å²) >= 11 is 1.90. The fourth-order valence-electron chi connectivity index (χ4n) is 2.80. The average Bonchev–Trinajstić information content (AvgIpc) is 2.85. The molecule has 1 N–H and O–H groups in total. The molecule has 1 aromatic heterocycles. The standard InChI is InChI=1S/C15H25NS/c1-3-5-14(15-6-4-11-17-15)16-13-9-7-12(2)8-10-13/h4,6,11-14,16H,3,5,7-10H2,1-2H3. The fourth-order valence-corrected chi connectivity index (χ4v) is 3.62.